The van der Waals surface area contributed by atoms with Crippen LogP contribution in [0.5, 0.6) is 0 Å². The molecule has 0 saturated carbocycles. The van der Waals surface area contributed by atoms with Gasteiger partial charge in [-0.2, -0.15) is 0 Å². The van der Waals surface area contributed by atoms with Crippen LogP contribution in [0.15, 0.2) is 4.99 Å². The fourth-order valence-electron chi connectivity index (χ4n) is 3.84. The maximum atomic E-state index is 4.86. The molecule has 0 radical (unpaired) electrons. The van der Waals surface area contributed by atoms with Gasteiger partial charge in [0.05, 0.1) is 0 Å². The maximum Gasteiger partial charge on any atom is 0.191 e. The molecular formula is C19H40IN5. The van der Waals surface area contributed by atoms with Crippen LogP contribution < -0.4 is 10.6 Å². The Balaban J connectivity index is 0.00000312. The van der Waals surface area contributed by atoms with Crippen molar-refractivity contribution >= 4 is 29.9 Å². The number of nitrogens with zero attached hydrogens (tertiary/aromatic N) is 3. The third-order valence-electron chi connectivity index (χ3n) is 5.14. The lowest BCUT2D eigenvalue weighted by Crippen LogP contribution is -2.49. The highest BCUT2D eigenvalue weighted by molar-refractivity contribution is 14.0. The van der Waals surface area contributed by atoms with Crippen LogP contribution in [-0.2, 0) is 0 Å². The molecule has 2 rings (SSSR count). The van der Waals surface area contributed by atoms with E-state index in [1.165, 1.54) is 71.4 Å². The molecule has 2 fully saturated rings. The average Bonchev–Trinajstić information content (AvgIpc) is 3.08. The molecule has 0 amide bonds. The molecule has 5 nitrogen and oxygen atoms in total. The molecule has 2 N–H and O–H groups in total. The molecule has 0 aliphatic carbocycles. The molecule has 2 saturated heterocycles. The Morgan fingerprint density at radius 2 is 1.76 bits per heavy atom. The van der Waals surface area contributed by atoms with Gasteiger partial charge in [0.25, 0.3) is 0 Å². The summed E-state index contributed by atoms with van der Waals surface area (Å²) in [5.74, 6) is 1.64. The molecule has 2 heterocycles. The summed E-state index contributed by atoms with van der Waals surface area (Å²) in [5.41, 5.74) is 0. The summed E-state index contributed by atoms with van der Waals surface area (Å²) in [6.07, 6.45) is 6.46. The third-order valence-corrected chi connectivity index (χ3v) is 5.14. The minimum absolute atomic E-state index is 0. The summed E-state index contributed by atoms with van der Waals surface area (Å²) in [4.78, 5) is 10.0. The highest BCUT2D eigenvalue weighted by Crippen LogP contribution is 2.12. The lowest BCUT2D eigenvalue weighted by atomic mass is 10.1. The SMILES string of the molecule is CCCN1CCC(NC(=NCC(C)CN2CCCC2)NCC)CC1.I. The topological polar surface area (TPSA) is 42.9 Å². The summed E-state index contributed by atoms with van der Waals surface area (Å²) in [7, 11) is 0. The monoisotopic (exact) mass is 465 g/mol. The van der Waals surface area contributed by atoms with E-state index >= 15 is 0 Å². The minimum atomic E-state index is 0. The lowest BCUT2D eigenvalue weighted by molar-refractivity contribution is 0.206. The smallest absolute Gasteiger partial charge is 0.191 e. The van der Waals surface area contributed by atoms with E-state index in [1.807, 2.05) is 0 Å². The molecule has 0 bridgehead atoms. The summed E-state index contributed by atoms with van der Waals surface area (Å²) in [6.45, 7) is 16.0. The fourth-order valence-corrected chi connectivity index (χ4v) is 3.84. The number of nitrogens with one attached hydrogen (secondary N) is 2. The molecule has 0 aromatic rings. The van der Waals surface area contributed by atoms with Gasteiger partial charge in [-0.05, 0) is 64.6 Å². The predicted molar refractivity (Wildman–Crippen MR) is 119 cm³/mol. The first-order valence-corrected chi connectivity index (χ1v) is 10.2. The van der Waals surface area contributed by atoms with E-state index in [1.54, 1.807) is 0 Å². The zero-order valence-electron chi connectivity index (χ0n) is 16.6. The number of aliphatic imine (C=N–C) groups is 1. The van der Waals surface area contributed by atoms with Gasteiger partial charge in [0.1, 0.15) is 0 Å². The zero-order chi connectivity index (χ0) is 17.2. The van der Waals surface area contributed by atoms with Crippen LogP contribution in [0.2, 0.25) is 0 Å². The quantitative estimate of drug-likeness (QED) is 0.329. The van der Waals surface area contributed by atoms with Crippen molar-refractivity contribution in [2.45, 2.75) is 58.9 Å². The Labute approximate surface area is 172 Å². The molecule has 1 unspecified atom stereocenters. The zero-order valence-corrected chi connectivity index (χ0v) is 18.9. The first kappa shape index (κ1) is 23.0. The van der Waals surface area contributed by atoms with Crippen LogP contribution in [0.3, 0.4) is 0 Å². The molecule has 2 aliphatic rings. The Kier molecular flexibility index (Phi) is 12.1. The molecule has 148 valence electrons. The first-order valence-electron chi connectivity index (χ1n) is 10.2. The van der Waals surface area contributed by atoms with Crippen molar-refractivity contribution in [2.24, 2.45) is 10.9 Å². The van der Waals surface area contributed by atoms with Gasteiger partial charge < -0.3 is 20.4 Å². The molecule has 2 aliphatic heterocycles. The Bertz CT molecular complexity index is 363. The second kappa shape index (κ2) is 13.1. The van der Waals surface area contributed by atoms with Gasteiger partial charge in [-0.3, -0.25) is 4.99 Å². The van der Waals surface area contributed by atoms with Gasteiger partial charge in [-0.15, -0.1) is 24.0 Å². The van der Waals surface area contributed by atoms with Crippen molar-refractivity contribution in [1.82, 2.24) is 20.4 Å². The van der Waals surface area contributed by atoms with Crippen LogP contribution in [0, 0.1) is 5.92 Å². The molecule has 6 heteroatoms. The number of guanidine groups is 1. The van der Waals surface area contributed by atoms with Crippen LogP contribution >= 0.6 is 24.0 Å². The van der Waals surface area contributed by atoms with Gasteiger partial charge in [0, 0.05) is 38.8 Å². The number of likely N-dealkylation sites (tertiary alicyclic amines) is 2. The third kappa shape index (κ3) is 8.91. The van der Waals surface area contributed by atoms with Gasteiger partial charge in [-0.1, -0.05) is 13.8 Å². The van der Waals surface area contributed by atoms with Crippen LogP contribution in [0.25, 0.3) is 0 Å². The Hall–Kier alpha value is -0.0800. The Morgan fingerprint density at radius 3 is 2.36 bits per heavy atom. The highest BCUT2D eigenvalue weighted by Gasteiger charge is 2.19. The minimum Gasteiger partial charge on any atom is -0.357 e. The van der Waals surface area contributed by atoms with Crippen molar-refractivity contribution in [3.8, 4) is 0 Å². The largest absolute Gasteiger partial charge is 0.357 e. The van der Waals surface area contributed by atoms with Crippen molar-refractivity contribution in [1.29, 1.82) is 0 Å². The van der Waals surface area contributed by atoms with Gasteiger partial charge >= 0.3 is 0 Å². The molecule has 0 spiro atoms. The van der Waals surface area contributed by atoms with E-state index in [9.17, 15) is 0 Å². The Morgan fingerprint density at radius 1 is 1.08 bits per heavy atom. The van der Waals surface area contributed by atoms with Crippen molar-refractivity contribution in [3.63, 3.8) is 0 Å². The van der Waals surface area contributed by atoms with Crippen molar-refractivity contribution in [3.05, 3.63) is 0 Å². The maximum absolute atomic E-state index is 4.86. The van der Waals surface area contributed by atoms with Crippen molar-refractivity contribution in [2.75, 3.05) is 52.4 Å². The normalized spacial score (nSPS) is 21.8. The molecule has 25 heavy (non-hydrogen) atoms. The van der Waals surface area contributed by atoms with E-state index < -0.39 is 0 Å². The van der Waals surface area contributed by atoms with Crippen LogP contribution in [0.1, 0.15) is 52.9 Å². The summed E-state index contributed by atoms with van der Waals surface area (Å²) in [5, 5.41) is 7.09. The van der Waals surface area contributed by atoms with Crippen molar-refractivity contribution < 1.29 is 0 Å². The second-order valence-corrected chi connectivity index (χ2v) is 7.59. The molecule has 1 atom stereocenters. The summed E-state index contributed by atoms with van der Waals surface area (Å²) < 4.78 is 0. The lowest BCUT2D eigenvalue weighted by Gasteiger charge is -2.33. The predicted octanol–water partition coefficient (Wildman–Crippen LogP) is 2.77. The van der Waals surface area contributed by atoms with Gasteiger partial charge in [0.2, 0.25) is 0 Å². The highest BCUT2D eigenvalue weighted by atomic mass is 127. The van der Waals surface area contributed by atoms with E-state index in [0.29, 0.717) is 12.0 Å². The fraction of sp³-hybridized carbons (Fsp3) is 0.947. The van der Waals surface area contributed by atoms with Gasteiger partial charge in [0.15, 0.2) is 5.96 Å². The standard InChI is InChI=1S/C19H39N5.HI/c1-4-10-23-13-8-18(9-14-23)22-19(20-5-2)21-15-17(3)16-24-11-6-7-12-24;/h17-18H,4-16H2,1-3H3,(H2,20,21,22);1H. The number of hydrogen-bond acceptors (Lipinski definition) is 3. The number of hydrogen-bond donors (Lipinski definition) is 2. The molecular weight excluding hydrogens is 425 g/mol. The average molecular weight is 465 g/mol. The van der Waals surface area contributed by atoms with E-state index in [-0.39, 0.29) is 24.0 Å². The summed E-state index contributed by atoms with van der Waals surface area (Å²) >= 11 is 0. The summed E-state index contributed by atoms with van der Waals surface area (Å²) in [6, 6.07) is 0.574. The number of piperidine rings is 1. The van der Waals surface area contributed by atoms with Crippen LogP contribution in [-0.4, -0.2) is 74.2 Å². The van der Waals surface area contributed by atoms with E-state index in [2.05, 4.69) is 41.2 Å². The number of rotatable bonds is 8. The number of halogens is 1. The van der Waals surface area contributed by atoms with Gasteiger partial charge in [-0.25, -0.2) is 0 Å². The van der Waals surface area contributed by atoms with E-state index in [4.69, 9.17) is 4.99 Å². The first-order chi connectivity index (χ1) is 11.7. The molecule has 0 aromatic heterocycles. The van der Waals surface area contributed by atoms with Crippen LogP contribution in [0.4, 0.5) is 0 Å². The second-order valence-electron chi connectivity index (χ2n) is 7.59. The molecule has 0 aromatic carbocycles. The van der Waals surface area contributed by atoms with E-state index in [0.717, 1.165) is 19.0 Å².